The Morgan fingerprint density at radius 1 is 1.28 bits per heavy atom. The summed E-state index contributed by atoms with van der Waals surface area (Å²) in [6.07, 6.45) is -3.46. The number of thiazole rings is 1. The Morgan fingerprint density at radius 3 is 2.56 bits per heavy atom. The van der Waals surface area contributed by atoms with E-state index in [2.05, 4.69) is 19.9 Å². The van der Waals surface area contributed by atoms with E-state index in [1.807, 2.05) is 0 Å². The standard InChI is InChI=1S/C8H6F3N5OS/c1-17-7-15-4(14-6(12)16-7)3-2-13-5(18-3)8(9,10)11/h2H,1H3,(H2,12,14,15,16). The number of aromatic nitrogens is 4. The number of ether oxygens (including phenoxy) is 1. The molecule has 2 aromatic heterocycles. The Hall–Kier alpha value is -1.97. The van der Waals surface area contributed by atoms with Gasteiger partial charge in [-0.3, -0.25) is 0 Å². The van der Waals surface area contributed by atoms with Crippen LogP contribution in [0.25, 0.3) is 10.7 Å². The van der Waals surface area contributed by atoms with Crippen LogP contribution in [0.2, 0.25) is 0 Å². The fraction of sp³-hybridized carbons (Fsp3) is 0.250. The van der Waals surface area contributed by atoms with Crippen LogP contribution in [0.1, 0.15) is 5.01 Å². The van der Waals surface area contributed by atoms with Crippen molar-refractivity contribution in [2.24, 2.45) is 0 Å². The van der Waals surface area contributed by atoms with Gasteiger partial charge in [0, 0.05) is 6.20 Å². The fourth-order valence-corrected chi connectivity index (χ4v) is 1.80. The Morgan fingerprint density at radius 2 is 2.00 bits per heavy atom. The maximum Gasteiger partial charge on any atom is 0.443 e. The van der Waals surface area contributed by atoms with Crippen LogP contribution in [0.4, 0.5) is 19.1 Å². The number of nitrogens with two attached hydrogens (primary N) is 1. The summed E-state index contributed by atoms with van der Waals surface area (Å²) >= 11 is 0.421. The molecule has 0 spiro atoms. The second-order valence-corrected chi connectivity index (χ2v) is 4.06. The molecule has 0 amide bonds. The van der Waals surface area contributed by atoms with Crippen LogP contribution in [0.15, 0.2) is 6.20 Å². The van der Waals surface area contributed by atoms with Crippen LogP contribution in [0.3, 0.4) is 0 Å². The first-order valence-corrected chi connectivity index (χ1v) is 5.30. The molecule has 0 saturated heterocycles. The van der Waals surface area contributed by atoms with Crippen LogP contribution in [-0.4, -0.2) is 27.0 Å². The number of rotatable bonds is 2. The van der Waals surface area contributed by atoms with Crippen molar-refractivity contribution in [3.05, 3.63) is 11.2 Å². The Balaban J connectivity index is 2.43. The van der Waals surface area contributed by atoms with Crippen molar-refractivity contribution < 1.29 is 17.9 Å². The third kappa shape index (κ3) is 2.47. The summed E-state index contributed by atoms with van der Waals surface area (Å²) in [5, 5.41) is -0.976. The Kier molecular flexibility index (Phi) is 3.03. The van der Waals surface area contributed by atoms with Crippen molar-refractivity contribution in [2.45, 2.75) is 6.18 Å². The highest BCUT2D eigenvalue weighted by Gasteiger charge is 2.35. The van der Waals surface area contributed by atoms with Gasteiger partial charge in [-0.15, -0.1) is 11.3 Å². The maximum absolute atomic E-state index is 12.4. The quantitative estimate of drug-likeness (QED) is 0.897. The van der Waals surface area contributed by atoms with E-state index in [-0.39, 0.29) is 22.7 Å². The number of hydrogen-bond donors (Lipinski definition) is 1. The molecule has 2 N–H and O–H groups in total. The van der Waals surface area contributed by atoms with Crippen LogP contribution in [0.5, 0.6) is 6.01 Å². The molecule has 2 heterocycles. The average molecular weight is 277 g/mol. The third-order valence-corrected chi connectivity index (χ3v) is 2.82. The van der Waals surface area contributed by atoms with Gasteiger partial charge in [0.05, 0.1) is 12.0 Å². The number of halogens is 3. The molecule has 6 nitrogen and oxygen atoms in total. The van der Waals surface area contributed by atoms with E-state index in [1.165, 1.54) is 7.11 Å². The van der Waals surface area contributed by atoms with Crippen LogP contribution >= 0.6 is 11.3 Å². The van der Waals surface area contributed by atoms with E-state index in [0.717, 1.165) is 6.20 Å². The highest BCUT2D eigenvalue weighted by atomic mass is 32.1. The van der Waals surface area contributed by atoms with E-state index in [9.17, 15) is 13.2 Å². The molecule has 0 aromatic carbocycles. The number of methoxy groups -OCH3 is 1. The summed E-state index contributed by atoms with van der Waals surface area (Å²) < 4.78 is 41.9. The van der Waals surface area contributed by atoms with E-state index >= 15 is 0 Å². The lowest BCUT2D eigenvalue weighted by atomic mass is 10.5. The lowest BCUT2D eigenvalue weighted by Crippen LogP contribution is -2.03. The van der Waals surface area contributed by atoms with E-state index < -0.39 is 11.2 Å². The summed E-state index contributed by atoms with van der Waals surface area (Å²) in [4.78, 5) is 14.5. The minimum absolute atomic E-state index is 0.00708. The molecule has 10 heteroatoms. The first-order chi connectivity index (χ1) is 8.40. The van der Waals surface area contributed by atoms with E-state index in [1.54, 1.807) is 0 Å². The van der Waals surface area contributed by atoms with Gasteiger partial charge >= 0.3 is 12.2 Å². The minimum Gasteiger partial charge on any atom is -0.467 e. The predicted octanol–water partition coefficient (Wildman–Crippen LogP) is 1.60. The summed E-state index contributed by atoms with van der Waals surface area (Å²) in [5.41, 5.74) is 5.38. The molecule has 0 saturated carbocycles. The Labute approximate surface area is 103 Å². The number of alkyl halides is 3. The molecular formula is C8H6F3N5OS. The summed E-state index contributed by atoms with van der Waals surface area (Å²) in [7, 11) is 1.31. The zero-order valence-corrected chi connectivity index (χ0v) is 9.71. The monoisotopic (exact) mass is 277 g/mol. The fourth-order valence-electron chi connectivity index (χ4n) is 1.08. The number of hydrogen-bond acceptors (Lipinski definition) is 7. The predicted molar refractivity (Wildman–Crippen MR) is 56.9 cm³/mol. The molecule has 2 rings (SSSR count). The minimum atomic E-state index is -4.49. The number of anilines is 1. The van der Waals surface area contributed by atoms with Crippen LogP contribution in [0, 0.1) is 0 Å². The largest absolute Gasteiger partial charge is 0.467 e. The summed E-state index contributed by atoms with van der Waals surface area (Å²) in [6.45, 7) is 0. The van der Waals surface area contributed by atoms with Crippen molar-refractivity contribution >= 4 is 17.3 Å². The second-order valence-electron chi connectivity index (χ2n) is 3.03. The van der Waals surface area contributed by atoms with Gasteiger partial charge in [-0.2, -0.15) is 28.1 Å². The molecule has 0 bridgehead atoms. The van der Waals surface area contributed by atoms with Gasteiger partial charge < -0.3 is 10.5 Å². The van der Waals surface area contributed by atoms with E-state index in [4.69, 9.17) is 10.5 Å². The SMILES string of the molecule is COc1nc(N)nc(-c2cnc(C(F)(F)F)s2)n1. The maximum atomic E-state index is 12.4. The van der Waals surface area contributed by atoms with Gasteiger partial charge in [-0.25, -0.2) is 4.98 Å². The molecular weight excluding hydrogens is 271 g/mol. The molecule has 0 atom stereocenters. The normalized spacial score (nSPS) is 11.6. The van der Waals surface area contributed by atoms with Gasteiger partial charge in [0.15, 0.2) is 10.8 Å². The smallest absolute Gasteiger partial charge is 0.443 e. The molecule has 0 radical (unpaired) electrons. The molecule has 0 aliphatic heterocycles. The molecule has 0 aliphatic carbocycles. The molecule has 96 valence electrons. The van der Waals surface area contributed by atoms with E-state index in [0.29, 0.717) is 11.3 Å². The van der Waals surface area contributed by atoms with Crippen molar-refractivity contribution in [1.29, 1.82) is 0 Å². The second kappa shape index (κ2) is 4.37. The summed E-state index contributed by atoms with van der Waals surface area (Å²) in [5.74, 6) is -0.147. The van der Waals surface area contributed by atoms with Gasteiger partial charge in [0.25, 0.3) is 0 Å². The first kappa shape index (κ1) is 12.5. The average Bonchev–Trinajstić information content (AvgIpc) is 2.77. The van der Waals surface area contributed by atoms with Crippen LogP contribution < -0.4 is 10.5 Å². The third-order valence-electron chi connectivity index (χ3n) is 1.78. The van der Waals surface area contributed by atoms with Gasteiger partial charge in [0.1, 0.15) is 0 Å². The highest BCUT2D eigenvalue weighted by Crippen LogP contribution is 2.35. The highest BCUT2D eigenvalue weighted by molar-refractivity contribution is 7.15. The molecule has 18 heavy (non-hydrogen) atoms. The van der Waals surface area contributed by atoms with Gasteiger partial charge in [0.2, 0.25) is 5.95 Å². The van der Waals surface area contributed by atoms with Gasteiger partial charge in [-0.1, -0.05) is 0 Å². The number of nitrogen functional groups attached to an aromatic ring is 1. The Bertz CT molecular complexity index is 570. The first-order valence-electron chi connectivity index (χ1n) is 4.49. The number of nitrogens with zero attached hydrogens (tertiary/aromatic N) is 4. The molecule has 2 aromatic rings. The molecule has 0 unspecified atom stereocenters. The van der Waals surface area contributed by atoms with Crippen molar-refractivity contribution in [1.82, 2.24) is 19.9 Å². The van der Waals surface area contributed by atoms with Crippen molar-refractivity contribution in [3.63, 3.8) is 0 Å². The zero-order valence-electron chi connectivity index (χ0n) is 8.89. The topological polar surface area (TPSA) is 86.8 Å². The zero-order chi connectivity index (χ0) is 13.3. The van der Waals surface area contributed by atoms with Crippen LogP contribution in [-0.2, 0) is 6.18 Å². The molecule has 0 fully saturated rings. The summed E-state index contributed by atoms with van der Waals surface area (Å²) in [6, 6.07) is -0.0699. The lowest BCUT2D eigenvalue weighted by molar-refractivity contribution is -0.137. The molecule has 0 aliphatic rings. The van der Waals surface area contributed by atoms with Crippen molar-refractivity contribution in [2.75, 3.05) is 12.8 Å². The lowest BCUT2D eigenvalue weighted by Gasteiger charge is -2.01. The van der Waals surface area contributed by atoms with Gasteiger partial charge in [-0.05, 0) is 0 Å². The van der Waals surface area contributed by atoms with Crippen molar-refractivity contribution in [3.8, 4) is 16.7 Å².